The molecular weight excluding hydrogens is 220 g/mol. The van der Waals surface area contributed by atoms with Crippen molar-refractivity contribution in [3.8, 4) is 6.07 Å². The number of ether oxygens (including phenoxy) is 1. The molecule has 2 N–H and O–H groups in total. The van der Waals surface area contributed by atoms with E-state index >= 15 is 0 Å². The molecule has 0 bridgehead atoms. The second-order valence-electron chi connectivity index (χ2n) is 3.57. The fourth-order valence-corrected chi connectivity index (χ4v) is 2.68. The van der Waals surface area contributed by atoms with Crippen molar-refractivity contribution in [2.24, 2.45) is 0 Å². The molecule has 0 amide bonds. The van der Waals surface area contributed by atoms with Gasteiger partial charge in [-0.25, -0.2) is 13.1 Å². The number of hydrogen-bond donors (Lipinski definition) is 2. The van der Waals surface area contributed by atoms with E-state index in [0.717, 1.165) is 0 Å². The molecule has 1 rings (SSSR count). The third-order valence-electron chi connectivity index (χ3n) is 2.38. The molecule has 0 saturated carbocycles. The Morgan fingerprint density at radius 1 is 1.47 bits per heavy atom. The van der Waals surface area contributed by atoms with Crippen molar-refractivity contribution in [1.82, 2.24) is 4.72 Å². The van der Waals surface area contributed by atoms with Crippen LogP contribution < -0.4 is 4.72 Å². The van der Waals surface area contributed by atoms with Crippen LogP contribution in [0.4, 0.5) is 0 Å². The molecule has 0 aromatic carbocycles. The molecule has 0 aromatic rings. The topological polar surface area (TPSA) is 99.4 Å². The lowest BCUT2D eigenvalue weighted by Crippen LogP contribution is -2.54. The third-order valence-corrected chi connectivity index (χ3v) is 3.63. The number of nitrogens with zero attached hydrogens (tertiary/aromatic N) is 1. The molecule has 1 aliphatic rings. The summed E-state index contributed by atoms with van der Waals surface area (Å²) in [7, 11) is -3.63. The zero-order valence-corrected chi connectivity index (χ0v) is 9.09. The smallest absolute Gasteiger partial charge is 0.225 e. The predicted molar refractivity (Wildman–Crippen MR) is 52.4 cm³/mol. The first-order chi connectivity index (χ1) is 7.04. The van der Waals surface area contributed by atoms with E-state index < -0.39 is 21.3 Å². The van der Waals surface area contributed by atoms with Crippen LogP contribution in [0.15, 0.2) is 0 Å². The number of hydrogen-bond acceptors (Lipinski definition) is 5. The SMILES string of the molecule is N#CCS(=O)(=O)NC1(CO)CCOCC1. The highest BCUT2D eigenvalue weighted by Crippen LogP contribution is 2.20. The maximum atomic E-state index is 11.4. The molecule has 0 radical (unpaired) electrons. The van der Waals surface area contributed by atoms with Gasteiger partial charge >= 0.3 is 0 Å². The van der Waals surface area contributed by atoms with E-state index in [1.54, 1.807) is 6.07 Å². The maximum absolute atomic E-state index is 11.4. The van der Waals surface area contributed by atoms with Crippen molar-refractivity contribution in [3.63, 3.8) is 0 Å². The molecule has 1 aliphatic heterocycles. The van der Waals surface area contributed by atoms with Crippen molar-refractivity contribution < 1.29 is 18.3 Å². The summed E-state index contributed by atoms with van der Waals surface area (Å²) in [5.74, 6) is -0.588. The molecule has 86 valence electrons. The molecule has 1 saturated heterocycles. The highest BCUT2D eigenvalue weighted by atomic mass is 32.2. The fourth-order valence-electron chi connectivity index (χ4n) is 1.51. The largest absolute Gasteiger partial charge is 0.394 e. The minimum absolute atomic E-state index is 0.277. The van der Waals surface area contributed by atoms with Gasteiger partial charge < -0.3 is 9.84 Å². The number of aliphatic hydroxyl groups excluding tert-OH is 1. The van der Waals surface area contributed by atoms with Gasteiger partial charge in [-0.3, -0.25) is 0 Å². The Balaban J connectivity index is 2.72. The lowest BCUT2D eigenvalue weighted by Gasteiger charge is -2.35. The molecule has 15 heavy (non-hydrogen) atoms. The van der Waals surface area contributed by atoms with Crippen LogP contribution in [0.25, 0.3) is 0 Å². The molecule has 0 atom stereocenters. The Bertz CT molecular complexity index is 340. The second-order valence-corrected chi connectivity index (χ2v) is 5.29. The maximum Gasteiger partial charge on any atom is 0.225 e. The third kappa shape index (κ3) is 3.43. The Labute approximate surface area is 88.9 Å². The van der Waals surface area contributed by atoms with Gasteiger partial charge in [0.2, 0.25) is 10.0 Å². The first-order valence-electron chi connectivity index (χ1n) is 4.61. The number of nitriles is 1. The van der Waals surface area contributed by atoms with Crippen LogP contribution in [-0.4, -0.2) is 44.6 Å². The van der Waals surface area contributed by atoms with Gasteiger partial charge in [-0.2, -0.15) is 5.26 Å². The lowest BCUT2D eigenvalue weighted by atomic mass is 9.93. The summed E-state index contributed by atoms with van der Waals surface area (Å²) >= 11 is 0. The second kappa shape index (κ2) is 4.90. The molecule has 0 aliphatic carbocycles. The monoisotopic (exact) mass is 234 g/mol. The normalized spacial score (nSPS) is 20.8. The number of nitrogens with one attached hydrogen (secondary N) is 1. The van der Waals surface area contributed by atoms with Crippen LogP contribution in [0.2, 0.25) is 0 Å². The van der Waals surface area contributed by atoms with E-state index in [-0.39, 0.29) is 6.61 Å². The molecular formula is C8H14N2O4S. The van der Waals surface area contributed by atoms with E-state index in [1.807, 2.05) is 0 Å². The first kappa shape index (κ1) is 12.4. The van der Waals surface area contributed by atoms with E-state index in [4.69, 9.17) is 10.00 Å². The van der Waals surface area contributed by atoms with Gasteiger partial charge in [0.25, 0.3) is 0 Å². The van der Waals surface area contributed by atoms with Crippen LogP contribution in [0.1, 0.15) is 12.8 Å². The zero-order chi connectivity index (χ0) is 11.4. The minimum Gasteiger partial charge on any atom is -0.394 e. The first-order valence-corrected chi connectivity index (χ1v) is 6.26. The zero-order valence-electron chi connectivity index (χ0n) is 8.27. The van der Waals surface area contributed by atoms with Crippen LogP contribution in [0.3, 0.4) is 0 Å². The minimum atomic E-state index is -3.63. The lowest BCUT2D eigenvalue weighted by molar-refractivity contribution is 0.0223. The van der Waals surface area contributed by atoms with Crippen molar-refractivity contribution in [2.45, 2.75) is 18.4 Å². The van der Waals surface area contributed by atoms with Gasteiger partial charge in [0.1, 0.15) is 0 Å². The van der Waals surface area contributed by atoms with Gasteiger partial charge in [0.05, 0.1) is 18.2 Å². The van der Waals surface area contributed by atoms with Crippen LogP contribution in [0.5, 0.6) is 0 Å². The summed E-state index contributed by atoms with van der Waals surface area (Å²) in [6, 6.07) is 1.58. The van der Waals surface area contributed by atoms with Gasteiger partial charge in [-0.05, 0) is 12.8 Å². The summed E-state index contributed by atoms with van der Waals surface area (Å²) in [6.07, 6.45) is 0.850. The summed E-state index contributed by atoms with van der Waals surface area (Å²) in [5.41, 5.74) is -0.853. The van der Waals surface area contributed by atoms with Crippen LogP contribution in [0, 0.1) is 11.3 Å². The summed E-state index contributed by atoms with van der Waals surface area (Å²) in [6.45, 7) is 0.548. The average molecular weight is 234 g/mol. The highest BCUT2D eigenvalue weighted by Gasteiger charge is 2.35. The van der Waals surface area contributed by atoms with Gasteiger partial charge in [-0.1, -0.05) is 0 Å². The van der Waals surface area contributed by atoms with Gasteiger partial charge in [0, 0.05) is 13.2 Å². The van der Waals surface area contributed by atoms with Crippen LogP contribution in [-0.2, 0) is 14.8 Å². The van der Waals surface area contributed by atoms with E-state index in [9.17, 15) is 13.5 Å². The Hall–Kier alpha value is -0.680. The molecule has 7 heteroatoms. The van der Waals surface area contributed by atoms with Crippen molar-refractivity contribution >= 4 is 10.0 Å². The highest BCUT2D eigenvalue weighted by molar-refractivity contribution is 7.89. The summed E-state index contributed by atoms with van der Waals surface area (Å²) < 4.78 is 30.2. The fraction of sp³-hybridized carbons (Fsp3) is 0.875. The number of rotatable bonds is 4. The Morgan fingerprint density at radius 3 is 2.53 bits per heavy atom. The van der Waals surface area contributed by atoms with Crippen molar-refractivity contribution in [2.75, 3.05) is 25.6 Å². The Morgan fingerprint density at radius 2 is 2.07 bits per heavy atom. The van der Waals surface area contributed by atoms with E-state index in [0.29, 0.717) is 26.1 Å². The standard InChI is InChI=1S/C8H14N2O4S/c9-3-6-15(12,13)10-8(7-11)1-4-14-5-2-8/h10-11H,1-2,4-7H2. The molecule has 6 nitrogen and oxygen atoms in total. The van der Waals surface area contributed by atoms with E-state index in [2.05, 4.69) is 4.72 Å². The van der Waals surface area contributed by atoms with Crippen LogP contribution >= 0.6 is 0 Å². The van der Waals surface area contributed by atoms with E-state index in [1.165, 1.54) is 0 Å². The molecule has 0 unspecified atom stereocenters. The molecule has 0 spiro atoms. The van der Waals surface area contributed by atoms with Crippen molar-refractivity contribution in [1.29, 1.82) is 5.26 Å². The van der Waals surface area contributed by atoms with Gasteiger partial charge in [-0.15, -0.1) is 0 Å². The quantitative estimate of drug-likeness (QED) is 0.648. The van der Waals surface area contributed by atoms with Crippen molar-refractivity contribution in [3.05, 3.63) is 0 Å². The number of sulfonamides is 1. The predicted octanol–water partition coefficient (Wildman–Crippen LogP) is -1.03. The molecule has 1 fully saturated rings. The summed E-state index contributed by atoms with van der Waals surface area (Å²) in [5, 5.41) is 17.5. The molecule has 0 aromatic heterocycles. The Kier molecular flexibility index (Phi) is 4.04. The average Bonchev–Trinajstić information content (AvgIpc) is 2.18. The van der Waals surface area contributed by atoms with Gasteiger partial charge in [0.15, 0.2) is 5.75 Å². The number of aliphatic hydroxyl groups is 1. The summed E-state index contributed by atoms with van der Waals surface area (Å²) in [4.78, 5) is 0. The molecule has 1 heterocycles.